The van der Waals surface area contributed by atoms with Crippen LogP contribution in [0.4, 0.5) is 0 Å². The molecule has 1 atom stereocenters. The van der Waals surface area contributed by atoms with Crippen LogP contribution in [0.25, 0.3) is 0 Å². The van der Waals surface area contributed by atoms with Crippen LogP contribution in [0.5, 0.6) is 0 Å². The smallest absolute Gasteiger partial charge is 0.254 e. The fourth-order valence-corrected chi connectivity index (χ4v) is 4.56. The van der Waals surface area contributed by atoms with E-state index in [1.165, 1.54) is 43.9 Å². The Morgan fingerprint density at radius 1 is 0.964 bits per heavy atom. The van der Waals surface area contributed by atoms with Crippen LogP contribution < -0.4 is 0 Å². The standard InChI is InChI=1S/C23H29NO3S/c1-17(18-13-15-22(16-14-18)28(3,26)27)24(2)23(25)21-11-9-20(10-12-21)19-7-5-4-6-8-19/h9-17,19H,4-8H2,1-3H3. The molecule has 1 aliphatic carbocycles. The van der Waals surface area contributed by atoms with Gasteiger partial charge in [0.1, 0.15) is 0 Å². The summed E-state index contributed by atoms with van der Waals surface area (Å²) in [5.74, 6) is 0.595. The van der Waals surface area contributed by atoms with Gasteiger partial charge in [0.25, 0.3) is 5.91 Å². The molecule has 0 aliphatic heterocycles. The normalized spacial score (nSPS) is 16.5. The molecule has 0 radical (unpaired) electrons. The highest BCUT2D eigenvalue weighted by Gasteiger charge is 2.21. The van der Waals surface area contributed by atoms with Crippen LogP contribution in [-0.2, 0) is 9.84 Å². The molecule has 0 aromatic heterocycles. The van der Waals surface area contributed by atoms with E-state index in [9.17, 15) is 13.2 Å². The Hall–Kier alpha value is -2.14. The summed E-state index contributed by atoms with van der Waals surface area (Å²) in [5.41, 5.74) is 2.92. The van der Waals surface area contributed by atoms with Crippen LogP contribution in [0.3, 0.4) is 0 Å². The SMILES string of the molecule is CC(c1ccc(S(C)(=O)=O)cc1)N(C)C(=O)c1ccc(C2CCCCC2)cc1. The maximum atomic E-state index is 12.9. The van der Waals surface area contributed by atoms with Gasteiger partial charge in [-0.05, 0) is 61.1 Å². The second-order valence-corrected chi connectivity index (χ2v) is 9.91. The maximum absolute atomic E-state index is 12.9. The molecule has 5 heteroatoms. The first-order valence-corrected chi connectivity index (χ1v) is 11.8. The Balaban J connectivity index is 1.70. The van der Waals surface area contributed by atoms with Gasteiger partial charge in [0, 0.05) is 18.9 Å². The van der Waals surface area contributed by atoms with Gasteiger partial charge >= 0.3 is 0 Å². The van der Waals surface area contributed by atoms with Gasteiger partial charge in [-0.15, -0.1) is 0 Å². The Morgan fingerprint density at radius 3 is 2.07 bits per heavy atom. The highest BCUT2D eigenvalue weighted by Crippen LogP contribution is 2.32. The molecule has 1 unspecified atom stereocenters. The molecular weight excluding hydrogens is 370 g/mol. The summed E-state index contributed by atoms with van der Waals surface area (Å²) in [4.78, 5) is 14.9. The zero-order chi connectivity index (χ0) is 20.3. The molecule has 0 bridgehead atoms. The Labute approximate surface area is 168 Å². The summed E-state index contributed by atoms with van der Waals surface area (Å²) in [7, 11) is -1.43. The van der Waals surface area contributed by atoms with E-state index in [0.717, 1.165) is 5.56 Å². The number of amides is 1. The molecule has 150 valence electrons. The van der Waals surface area contributed by atoms with E-state index in [1.807, 2.05) is 19.1 Å². The maximum Gasteiger partial charge on any atom is 0.254 e. The molecule has 0 saturated heterocycles. The first-order valence-electron chi connectivity index (χ1n) is 9.94. The lowest BCUT2D eigenvalue weighted by Crippen LogP contribution is -2.29. The van der Waals surface area contributed by atoms with Gasteiger partial charge in [0.05, 0.1) is 10.9 Å². The molecule has 28 heavy (non-hydrogen) atoms. The van der Waals surface area contributed by atoms with Crippen molar-refractivity contribution in [2.45, 2.75) is 55.9 Å². The topological polar surface area (TPSA) is 54.5 Å². The third-order valence-electron chi connectivity index (χ3n) is 5.93. The predicted molar refractivity (Wildman–Crippen MR) is 112 cm³/mol. The van der Waals surface area contributed by atoms with Gasteiger partial charge in [0.2, 0.25) is 0 Å². The molecule has 1 fully saturated rings. The minimum atomic E-state index is -3.22. The van der Waals surface area contributed by atoms with Gasteiger partial charge in [-0.25, -0.2) is 8.42 Å². The van der Waals surface area contributed by atoms with Crippen molar-refractivity contribution in [1.29, 1.82) is 0 Å². The third-order valence-corrected chi connectivity index (χ3v) is 7.05. The number of rotatable bonds is 5. The van der Waals surface area contributed by atoms with E-state index >= 15 is 0 Å². The average molecular weight is 400 g/mol. The lowest BCUT2D eigenvalue weighted by molar-refractivity contribution is 0.0742. The van der Waals surface area contributed by atoms with Crippen LogP contribution in [0.1, 0.15) is 72.5 Å². The number of sulfone groups is 1. The number of hydrogen-bond donors (Lipinski definition) is 0. The van der Waals surface area contributed by atoms with E-state index in [2.05, 4.69) is 12.1 Å². The van der Waals surface area contributed by atoms with Gasteiger partial charge < -0.3 is 4.90 Å². The van der Waals surface area contributed by atoms with E-state index < -0.39 is 9.84 Å². The van der Waals surface area contributed by atoms with Gasteiger partial charge in [-0.2, -0.15) is 0 Å². The Bertz CT molecular complexity index is 911. The van der Waals surface area contributed by atoms with Gasteiger partial charge in [-0.1, -0.05) is 43.5 Å². The summed E-state index contributed by atoms with van der Waals surface area (Å²) in [6, 6.07) is 14.7. The molecule has 4 nitrogen and oxygen atoms in total. The van der Waals surface area contributed by atoms with Crippen molar-refractivity contribution < 1.29 is 13.2 Å². The highest BCUT2D eigenvalue weighted by atomic mass is 32.2. The van der Waals surface area contributed by atoms with E-state index in [4.69, 9.17) is 0 Å². The second kappa shape index (κ2) is 8.48. The molecule has 1 amide bonds. The molecule has 2 aromatic carbocycles. The van der Waals surface area contributed by atoms with Crippen LogP contribution >= 0.6 is 0 Å². The largest absolute Gasteiger partial charge is 0.335 e. The fraction of sp³-hybridized carbons (Fsp3) is 0.435. The highest BCUT2D eigenvalue weighted by molar-refractivity contribution is 7.90. The van der Waals surface area contributed by atoms with Gasteiger partial charge in [-0.3, -0.25) is 4.79 Å². The summed E-state index contributed by atoms with van der Waals surface area (Å²) >= 11 is 0. The zero-order valence-electron chi connectivity index (χ0n) is 16.9. The van der Waals surface area contributed by atoms with Gasteiger partial charge in [0.15, 0.2) is 9.84 Å². The zero-order valence-corrected chi connectivity index (χ0v) is 17.7. The third kappa shape index (κ3) is 4.64. The van der Waals surface area contributed by atoms with E-state index in [-0.39, 0.29) is 16.8 Å². The van der Waals surface area contributed by atoms with Crippen LogP contribution in [-0.4, -0.2) is 32.5 Å². The molecule has 0 heterocycles. The molecular formula is C23H29NO3S. The van der Waals surface area contributed by atoms with Crippen molar-refractivity contribution >= 4 is 15.7 Å². The summed E-state index contributed by atoms with van der Waals surface area (Å²) in [6.07, 6.45) is 7.61. The Kier molecular flexibility index (Phi) is 6.23. The molecule has 3 rings (SSSR count). The second-order valence-electron chi connectivity index (χ2n) is 7.89. The first-order chi connectivity index (χ1) is 13.3. The molecule has 1 saturated carbocycles. The quantitative estimate of drug-likeness (QED) is 0.713. The molecule has 1 aliphatic rings. The lowest BCUT2D eigenvalue weighted by atomic mass is 9.84. The molecule has 2 aromatic rings. The van der Waals surface area contributed by atoms with Crippen molar-refractivity contribution in [2.24, 2.45) is 0 Å². The van der Waals surface area contributed by atoms with Crippen molar-refractivity contribution in [3.8, 4) is 0 Å². The summed E-state index contributed by atoms with van der Waals surface area (Å²) in [5, 5.41) is 0. The molecule has 0 spiro atoms. The lowest BCUT2D eigenvalue weighted by Gasteiger charge is -2.26. The monoisotopic (exact) mass is 399 g/mol. The van der Waals surface area contributed by atoms with Crippen LogP contribution in [0.2, 0.25) is 0 Å². The predicted octanol–water partition coefficient (Wildman–Crippen LogP) is 4.97. The molecule has 0 N–H and O–H groups in total. The summed E-state index contributed by atoms with van der Waals surface area (Å²) < 4.78 is 23.2. The minimum Gasteiger partial charge on any atom is -0.335 e. The van der Waals surface area contributed by atoms with Crippen LogP contribution in [0, 0.1) is 0 Å². The number of benzene rings is 2. The van der Waals surface area contributed by atoms with Crippen molar-refractivity contribution in [1.82, 2.24) is 4.90 Å². The average Bonchev–Trinajstić information content (AvgIpc) is 2.72. The Morgan fingerprint density at radius 2 is 1.54 bits per heavy atom. The van der Waals surface area contributed by atoms with E-state index in [1.54, 1.807) is 36.2 Å². The number of nitrogens with zero attached hydrogens (tertiary/aromatic N) is 1. The fourth-order valence-electron chi connectivity index (χ4n) is 3.93. The first kappa shape index (κ1) is 20.6. The van der Waals surface area contributed by atoms with Crippen molar-refractivity contribution in [3.05, 3.63) is 65.2 Å². The number of carbonyl (C=O) groups is 1. The van der Waals surface area contributed by atoms with E-state index in [0.29, 0.717) is 11.5 Å². The summed E-state index contributed by atoms with van der Waals surface area (Å²) in [6.45, 7) is 1.95. The number of carbonyl (C=O) groups excluding carboxylic acids is 1. The van der Waals surface area contributed by atoms with Crippen molar-refractivity contribution in [3.63, 3.8) is 0 Å². The number of hydrogen-bond acceptors (Lipinski definition) is 3. The minimum absolute atomic E-state index is 0.0325. The van der Waals surface area contributed by atoms with Crippen molar-refractivity contribution in [2.75, 3.05) is 13.3 Å². The van der Waals surface area contributed by atoms with Crippen LogP contribution in [0.15, 0.2) is 53.4 Å².